The fourth-order valence-corrected chi connectivity index (χ4v) is 3.92. The third-order valence-corrected chi connectivity index (χ3v) is 5.67. The van der Waals surface area contributed by atoms with Crippen molar-refractivity contribution in [3.05, 3.63) is 75.9 Å². The molecule has 0 bridgehead atoms. The van der Waals surface area contributed by atoms with Crippen LogP contribution in [0.5, 0.6) is 0 Å². The molecule has 0 spiro atoms. The van der Waals surface area contributed by atoms with Crippen molar-refractivity contribution in [1.82, 2.24) is 9.78 Å². The molecule has 2 atom stereocenters. The van der Waals surface area contributed by atoms with Crippen LogP contribution in [0.25, 0.3) is 0 Å². The highest BCUT2D eigenvalue weighted by atomic mass is 35.5. The van der Waals surface area contributed by atoms with Gasteiger partial charge in [0.05, 0.1) is 17.3 Å². The largest absolute Gasteiger partial charge is 0.418 e. The molecular weight excluding hydrogens is 486 g/mol. The number of fused-ring (bicyclic) bond motifs is 1. The van der Waals surface area contributed by atoms with E-state index in [2.05, 4.69) is 15.7 Å². The number of aromatic nitrogens is 2. The van der Waals surface area contributed by atoms with Crippen molar-refractivity contribution in [2.24, 2.45) is 0 Å². The van der Waals surface area contributed by atoms with Crippen LogP contribution in [0.1, 0.15) is 45.7 Å². The van der Waals surface area contributed by atoms with E-state index in [1.807, 2.05) is 6.92 Å². The van der Waals surface area contributed by atoms with Crippen LogP contribution in [0, 0.1) is 6.92 Å². The molecule has 0 saturated carbocycles. The van der Waals surface area contributed by atoms with E-state index in [4.69, 9.17) is 11.6 Å². The SMILES string of the molecule is Cc1ccc([C@H]2C[C@@H](C(F)(F)F)n3nc(C(=O)Nc4ccc(Cl)cc4C(F)(F)F)cc3N2)cc1. The Morgan fingerprint density at radius 3 is 2.38 bits per heavy atom. The van der Waals surface area contributed by atoms with E-state index in [-0.39, 0.29) is 17.3 Å². The lowest BCUT2D eigenvalue weighted by molar-refractivity contribution is -0.173. The van der Waals surface area contributed by atoms with E-state index < -0.39 is 47.3 Å². The first kappa shape index (κ1) is 23.9. The summed E-state index contributed by atoms with van der Waals surface area (Å²) < 4.78 is 82.1. The number of amides is 1. The molecular formula is C22H17ClF6N4O. The van der Waals surface area contributed by atoms with Gasteiger partial charge in [0.15, 0.2) is 11.7 Å². The Morgan fingerprint density at radius 1 is 1.09 bits per heavy atom. The molecule has 1 amide bonds. The number of benzene rings is 2. The van der Waals surface area contributed by atoms with Gasteiger partial charge in [-0.15, -0.1) is 0 Å². The molecule has 34 heavy (non-hydrogen) atoms. The highest BCUT2D eigenvalue weighted by Crippen LogP contribution is 2.44. The molecule has 2 heterocycles. The molecule has 2 N–H and O–H groups in total. The van der Waals surface area contributed by atoms with Gasteiger partial charge in [0, 0.05) is 17.5 Å². The molecule has 3 aromatic rings. The number of carbonyl (C=O) groups excluding carboxylic acids is 1. The molecule has 4 rings (SSSR count). The maximum absolute atomic E-state index is 13.8. The van der Waals surface area contributed by atoms with Crippen molar-refractivity contribution in [2.45, 2.75) is 37.8 Å². The first-order valence-electron chi connectivity index (χ1n) is 10.0. The van der Waals surface area contributed by atoms with Gasteiger partial charge in [-0.2, -0.15) is 31.4 Å². The predicted molar refractivity (Wildman–Crippen MR) is 114 cm³/mol. The van der Waals surface area contributed by atoms with Gasteiger partial charge >= 0.3 is 12.4 Å². The molecule has 2 aromatic carbocycles. The first-order valence-corrected chi connectivity index (χ1v) is 10.4. The second-order valence-electron chi connectivity index (χ2n) is 7.90. The second-order valence-corrected chi connectivity index (χ2v) is 8.34. The summed E-state index contributed by atoms with van der Waals surface area (Å²) in [5.74, 6) is -1.17. The summed E-state index contributed by atoms with van der Waals surface area (Å²) in [6, 6.07) is 8.06. The van der Waals surface area contributed by atoms with Gasteiger partial charge in [-0.3, -0.25) is 4.79 Å². The van der Waals surface area contributed by atoms with Crippen molar-refractivity contribution in [1.29, 1.82) is 0 Å². The van der Waals surface area contributed by atoms with Gasteiger partial charge in [0.2, 0.25) is 0 Å². The van der Waals surface area contributed by atoms with E-state index in [9.17, 15) is 31.1 Å². The summed E-state index contributed by atoms with van der Waals surface area (Å²) in [5, 5.41) is 8.58. The van der Waals surface area contributed by atoms with Crippen LogP contribution in [0.2, 0.25) is 5.02 Å². The minimum atomic E-state index is -4.81. The standard InChI is InChI=1S/C22H17ClF6N4O/c1-11-2-4-12(5-3-11)16-9-18(22(27,28)29)33-19(30-16)10-17(32-33)20(34)31-15-7-6-13(23)8-14(15)21(24,25)26/h2-8,10,16,18,30H,9H2,1H3,(H,31,34)/t16-,18+/m1/s1. The van der Waals surface area contributed by atoms with Crippen LogP contribution >= 0.6 is 11.6 Å². The summed E-state index contributed by atoms with van der Waals surface area (Å²) in [7, 11) is 0. The van der Waals surface area contributed by atoms with Gasteiger partial charge < -0.3 is 10.6 Å². The number of aryl methyl sites for hydroxylation is 1. The van der Waals surface area contributed by atoms with Crippen molar-refractivity contribution in [3.63, 3.8) is 0 Å². The van der Waals surface area contributed by atoms with Gasteiger partial charge in [-0.05, 0) is 30.7 Å². The maximum atomic E-state index is 13.8. The molecule has 0 radical (unpaired) electrons. The molecule has 12 heteroatoms. The number of alkyl halides is 6. The minimum Gasteiger partial charge on any atom is -0.363 e. The normalized spacial score (nSPS) is 18.2. The molecule has 1 aliphatic heterocycles. The first-order chi connectivity index (χ1) is 15.8. The Bertz CT molecular complexity index is 1220. The van der Waals surface area contributed by atoms with E-state index in [1.165, 1.54) is 0 Å². The Kier molecular flexibility index (Phi) is 6.01. The molecule has 0 aliphatic carbocycles. The van der Waals surface area contributed by atoms with E-state index in [1.54, 1.807) is 24.3 Å². The molecule has 0 unspecified atom stereocenters. The lowest BCUT2D eigenvalue weighted by Gasteiger charge is -2.33. The number of carbonyl (C=O) groups is 1. The lowest BCUT2D eigenvalue weighted by Crippen LogP contribution is -2.35. The van der Waals surface area contributed by atoms with Crippen LogP contribution in [0.15, 0.2) is 48.5 Å². The maximum Gasteiger partial charge on any atom is 0.418 e. The molecule has 5 nitrogen and oxygen atoms in total. The third kappa shape index (κ3) is 4.84. The topological polar surface area (TPSA) is 59.0 Å². The Morgan fingerprint density at radius 2 is 1.76 bits per heavy atom. The van der Waals surface area contributed by atoms with Crippen molar-refractivity contribution in [3.8, 4) is 0 Å². The second kappa shape index (κ2) is 8.53. The molecule has 0 saturated heterocycles. The quantitative estimate of drug-likeness (QED) is 0.388. The van der Waals surface area contributed by atoms with Crippen LogP contribution in [0.4, 0.5) is 37.8 Å². The highest BCUT2D eigenvalue weighted by molar-refractivity contribution is 6.30. The summed E-state index contributed by atoms with van der Waals surface area (Å²) in [6.07, 6.45) is -9.86. The lowest BCUT2D eigenvalue weighted by atomic mass is 9.96. The number of anilines is 2. The zero-order chi connectivity index (χ0) is 24.8. The summed E-state index contributed by atoms with van der Waals surface area (Å²) in [5.41, 5.74) is -0.691. The van der Waals surface area contributed by atoms with Crippen LogP contribution in [-0.2, 0) is 6.18 Å². The predicted octanol–water partition coefficient (Wildman–Crippen LogP) is 6.78. The number of nitrogens with zero attached hydrogens (tertiary/aromatic N) is 2. The fourth-order valence-electron chi connectivity index (χ4n) is 3.75. The number of hydrogen-bond acceptors (Lipinski definition) is 3. The van der Waals surface area contributed by atoms with Gasteiger partial charge in [0.25, 0.3) is 5.91 Å². The van der Waals surface area contributed by atoms with E-state index in [0.29, 0.717) is 16.3 Å². The van der Waals surface area contributed by atoms with E-state index in [0.717, 1.165) is 23.8 Å². The minimum absolute atomic E-state index is 0.0727. The Hall–Kier alpha value is -3.21. The zero-order valence-electron chi connectivity index (χ0n) is 17.4. The summed E-state index contributed by atoms with van der Waals surface area (Å²) in [6.45, 7) is 1.85. The molecule has 1 aliphatic rings. The van der Waals surface area contributed by atoms with Crippen molar-refractivity contribution in [2.75, 3.05) is 10.6 Å². The van der Waals surface area contributed by atoms with Gasteiger partial charge in [-0.1, -0.05) is 41.4 Å². The number of hydrogen-bond donors (Lipinski definition) is 2. The Balaban J connectivity index is 1.66. The zero-order valence-corrected chi connectivity index (χ0v) is 18.2. The van der Waals surface area contributed by atoms with Crippen LogP contribution < -0.4 is 10.6 Å². The molecule has 1 aromatic heterocycles. The number of halogens is 7. The smallest absolute Gasteiger partial charge is 0.363 e. The van der Waals surface area contributed by atoms with Crippen LogP contribution in [0.3, 0.4) is 0 Å². The van der Waals surface area contributed by atoms with Gasteiger partial charge in [0.1, 0.15) is 5.82 Å². The fraction of sp³-hybridized carbons (Fsp3) is 0.273. The van der Waals surface area contributed by atoms with E-state index >= 15 is 0 Å². The molecule has 180 valence electrons. The number of rotatable bonds is 3. The van der Waals surface area contributed by atoms with Gasteiger partial charge in [-0.25, -0.2) is 4.68 Å². The highest BCUT2D eigenvalue weighted by Gasteiger charge is 2.47. The summed E-state index contributed by atoms with van der Waals surface area (Å²) in [4.78, 5) is 12.6. The number of nitrogens with one attached hydrogen (secondary N) is 2. The average molecular weight is 503 g/mol. The monoisotopic (exact) mass is 502 g/mol. The summed E-state index contributed by atoms with van der Waals surface area (Å²) >= 11 is 5.63. The van der Waals surface area contributed by atoms with Crippen LogP contribution in [-0.4, -0.2) is 21.9 Å². The average Bonchev–Trinajstić information content (AvgIpc) is 3.17. The third-order valence-electron chi connectivity index (χ3n) is 5.44. The molecule has 0 fully saturated rings. The van der Waals surface area contributed by atoms with Crippen molar-refractivity contribution < 1.29 is 31.1 Å². The Labute approximate surface area is 194 Å². The van der Waals surface area contributed by atoms with Crippen molar-refractivity contribution >= 4 is 29.0 Å².